The smallest absolute Gasteiger partial charge is 0.240 e. The largest absolute Gasteiger partial charge is 0.352 e. The number of nitrogens with one attached hydrogen (secondary N) is 1. The predicted octanol–water partition coefficient (Wildman–Crippen LogP) is 1.12. The molecule has 2 rings (SSSR count). The van der Waals surface area contributed by atoms with E-state index in [2.05, 4.69) is 10.4 Å². The standard InChI is InChI=1S/C11H14N4O2S/c1-8-10(7-15(2)14-8)13-9-5-3-4-6-11(9)18(12,16)17/h3-7,13H,1-2H3,(H2,12,16,17). The maximum absolute atomic E-state index is 11.5. The van der Waals surface area contributed by atoms with Crippen molar-refractivity contribution in [2.75, 3.05) is 5.32 Å². The van der Waals surface area contributed by atoms with Gasteiger partial charge in [0.1, 0.15) is 4.90 Å². The fraction of sp³-hybridized carbons (Fsp3) is 0.182. The maximum atomic E-state index is 11.5. The Bertz CT molecular complexity index is 676. The molecule has 0 atom stereocenters. The highest BCUT2D eigenvalue weighted by Gasteiger charge is 2.14. The second-order valence-electron chi connectivity index (χ2n) is 3.97. The fourth-order valence-corrected chi connectivity index (χ4v) is 2.38. The number of sulfonamides is 1. The summed E-state index contributed by atoms with van der Waals surface area (Å²) in [5.74, 6) is 0. The first kappa shape index (κ1) is 12.6. The van der Waals surface area contributed by atoms with Gasteiger partial charge in [0.15, 0.2) is 0 Å². The highest BCUT2D eigenvalue weighted by Crippen LogP contribution is 2.25. The van der Waals surface area contributed by atoms with E-state index in [0.29, 0.717) is 5.69 Å². The van der Waals surface area contributed by atoms with Crippen LogP contribution < -0.4 is 10.5 Å². The monoisotopic (exact) mass is 266 g/mol. The Morgan fingerprint density at radius 3 is 2.50 bits per heavy atom. The molecule has 1 heterocycles. The third kappa shape index (κ3) is 2.52. The number of hydrogen-bond donors (Lipinski definition) is 2. The Morgan fingerprint density at radius 1 is 1.28 bits per heavy atom. The molecule has 0 aliphatic carbocycles. The first-order valence-corrected chi connectivity index (χ1v) is 6.81. The molecule has 0 aliphatic rings. The third-order valence-electron chi connectivity index (χ3n) is 2.48. The first-order valence-electron chi connectivity index (χ1n) is 5.27. The molecule has 0 saturated heterocycles. The van der Waals surface area contributed by atoms with Crippen molar-refractivity contribution >= 4 is 21.4 Å². The number of nitrogens with two attached hydrogens (primary N) is 1. The number of nitrogens with zero attached hydrogens (tertiary/aromatic N) is 2. The molecule has 96 valence electrons. The molecule has 0 spiro atoms. The Morgan fingerprint density at radius 2 is 1.94 bits per heavy atom. The van der Waals surface area contributed by atoms with Crippen LogP contribution in [0, 0.1) is 6.92 Å². The van der Waals surface area contributed by atoms with Crippen molar-refractivity contribution in [3.8, 4) is 0 Å². The highest BCUT2D eigenvalue weighted by molar-refractivity contribution is 7.89. The highest BCUT2D eigenvalue weighted by atomic mass is 32.2. The lowest BCUT2D eigenvalue weighted by Gasteiger charge is -2.09. The normalized spacial score (nSPS) is 11.5. The number of aryl methyl sites for hydroxylation is 2. The van der Waals surface area contributed by atoms with Crippen molar-refractivity contribution in [1.82, 2.24) is 9.78 Å². The summed E-state index contributed by atoms with van der Waals surface area (Å²) < 4.78 is 24.6. The van der Waals surface area contributed by atoms with Gasteiger partial charge in [0, 0.05) is 13.2 Å². The van der Waals surface area contributed by atoms with Gasteiger partial charge in [-0.3, -0.25) is 4.68 Å². The fourth-order valence-electron chi connectivity index (χ4n) is 1.69. The second kappa shape index (κ2) is 4.43. The molecule has 0 bridgehead atoms. The number of primary sulfonamides is 1. The van der Waals surface area contributed by atoms with Gasteiger partial charge in [0.25, 0.3) is 0 Å². The lowest BCUT2D eigenvalue weighted by molar-refractivity contribution is 0.598. The van der Waals surface area contributed by atoms with Crippen LogP contribution in [-0.2, 0) is 17.1 Å². The van der Waals surface area contributed by atoms with Crippen LogP contribution in [0.15, 0.2) is 35.4 Å². The summed E-state index contributed by atoms with van der Waals surface area (Å²) >= 11 is 0. The zero-order valence-electron chi connectivity index (χ0n) is 10.1. The van der Waals surface area contributed by atoms with Crippen LogP contribution in [0.25, 0.3) is 0 Å². The lowest BCUT2D eigenvalue weighted by Crippen LogP contribution is -2.14. The van der Waals surface area contributed by atoms with Gasteiger partial charge in [0.05, 0.1) is 17.1 Å². The number of rotatable bonds is 3. The van der Waals surface area contributed by atoms with E-state index in [9.17, 15) is 8.42 Å². The summed E-state index contributed by atoms with van der Waals surface area (Å²) in [5, 5.41) is 12.4. The number of para-hydroxylation sites is 1. The third-order valence-corrected chi connectivity index (χ3v) is 3.45. The van der Waals surface area contributed by atoms with Crippen molar-refractivity contribution in [1.29, 1.82) is 0 Å². The van der Waals surface area contributed by atoms with Crippen molar-refractivity contribution in [3.05, 3.63) is 36.2 Å². The van der Waals surface area contributed by atoms with Gasteiger partial charge in [-0.1, -0.05) is 12.1 Å². The minimum absolute atomic E-state index is 0.0632. The zero-order chi connectivity index (χ0) is 13.3. The average Bonchev–Trinajstić information content (AvgIpc) is 2.57. The molecule has 1 aromatic heterocycles. The van der Waals surface area contributed by atoms with Gasteiger partial charge < -0.3 is 5.32 Å². The van der Waals surface area contributed by atoms with E-state index in [1.165, 1.54) is 6.07 Å². The molecule has 6 nitrogen and oxygen atoms in total. The van der Waals surface area contributed by atoms with Crippen molar-refractivity contribution in [2.24, 2.45) is 12.2 Å². The van der Waals surface area contributed by atoms with Gasteiger partial charge in [-0.25, -0.2) is 13.6 Å². The van der Waals surface area contributed by atoms with Gasteiger partial charge in [0.2, 0.25) is 10.0 Å². The van der Waals surface area contributed by atoms with Crippen LogP contribution in [0.1, 0.15) is 5.69 Å². The summed E-state index contributed by atoms with van der Waals surface area (Å²) in [6, 6.07) is 6.49. The van der Waals surface area contributed by atoms with E-state index in [1.807, 2.05) is 6.92 Å². The summed E-state index contributed by atoms with van der Waals surface area (Å²) in [7, 11) is -1.95. The molecule has 7 heteroatoms. The van der Waals surface area contributed by atoms with Gasteiger partial charge in [-0.05, 0) is 19.1 Å². The van der Waals surface area contributed by atoms with Crippen LogP contribution in [-0.4, -0.2) is 18.2 Å². The van der Waals surface area contributed by atoms with Crippen LogP contribution in [0.4, 0.5) is 11.4 Å². The van der Waals surface area contributed by atoms with E-state index < -0.39 is 10.0 Å². The van der Waals surface area contributed by atoms with E-state index in [4.69, 9.17) is 5.14 Å². The summed E-state index contributed by atoms with van der Waals surface area (Å²) in [4.78, 5) is 0.0632. The van der Waals surface area contributed by atoms with Crippen LogP contribution in [0.3, 0.4) is 0 Å². The molecular weight excluding hydrogens is 252 g/mol. The molecule has 0 fully saturated rings. The maximum Gasteiger partial charge on any atom is 0.240 e. The molecule has 3 N–H and O–H groups in total. The SMILES string of the molecule is Cc1nn(C)cc1Nc1ccccc1S(N)(=O)=O. The number of aromatic nitrogens is 2. The van der Waals surface area contributed by atoms with Crippen molar-refractivity contribution in [3.63, 3.8) is 0 Å². The topological polar surface area (TPSA) is 90.0 Å². The minimum atomic E-state index is -3.75. The number of anilines is 2. The summed E-state index contributed by atoms with van der Waals surface area (Å²) in [6.45, 7) is 1.84. The molecule has 0 radical (unpaired) electrons. The van der Waals surface area contributed by atoms with Crippen LogP contribution in [0.2, 0.25) is 0 Å². The predicted molar refractivity (Wildman–Crippen MR) is 69.0 cm³/mol. The molecule has 0 saturated carbocycles. The van der Waals surface area contributed by atoms with Gasteiger partial charge in [-0.2, -0.15) is 5.10 Å². The van der Waals surface area contributed by atoms with E-state index >= 15 is 0 Å². The minimum Gasteiger partial charge on any atom is -0.352 e. The molecule has 1 aromatic carbocycles. The second-order valence-corrected chi connectivity index (χ2v) is 5.50. The van der Waals surface area contributed by atoms with Crippen molar-refractivity contribution in [2.45, 2.75) is 11.8 Å². The Labute approximate surface area is 105 Å². The van der Waals surface area contributed by atoms with E-state index in [0.717, 1.165) is 11.4 Å². The summed E-state index contributed by atoms with van der Waals surface area (Å²) in [5.41, 5.74) is 1.96. The van der Waals surface area contributed by atoms with Crippen LogP contribution in [0.5, 0.6) is 0 Å². The Hall–Kier alpha value is -1.86. The van der Waals surface area contributed by atoms with Crippen LogP contribution >= 0.6 is 0 Å². The van der Waals surface area contributed by atoms with E-state index in [1.54, 1.807) is 36.1 Å². The molecule has 0 unspecified atom stereocenters. The molecule has 0 aliphatic heterocycles. The Kier molecular flexibility index (Phi) is 3.10. The number of benzene rings is 1. The summed E-state index contributed by atoms with van der Waals surface area (Å²) in [6.07, 6.45) is 1.77. The molecular formula is C11H14N4O2S. The lowest BCUT2D eigenvalue weighted by atomic mass is 10.3. The molecule has 18 heavy (non-hydrogen) atoms. The molecule has 0 amide bonds. The van der Waals surface area contributed by atoms with E-state index in [-0.39, 0.29) is 4.90 Å². The molecule has 2 aromatic rings. The van der Waals surface area contributed by atoms with Crippen molar-refractivity contribution < 1.29 is 8.42 Å². The first-order chi connectivity index (χ1) is 8.38. The average molecular weight is 266 g/mol. The number of hydrogen-bond acceptors (Lipinski definition) is 4. The zero-order valence-corrected chi connectivity index (χ0v) is 10.9. The quantitative estimate of drug-likeness (QED) is 0.871. The van der Waals surface area contributed by atoms with Gasteiger partial charge in [-0.15, -0.1) is 0 Å². The van der Waals surface area contributed by atoms with Gasteiger partial charge >= 0.3 is 0 Å². The Balaban J connectivity index is 2.44.